The molecule has 2 aromatic rings. The van der Waals surface area contributed by atoms with E-state index in [-0.39, 0.29) is 5.69 Å². The first kappa shape index (κ1) is 16.1. The Labute approximate surface area is 140 Å². The van der Waals surface area contributed by atoms with Crippen molar-refractivity contribution in [2.24, 2.45) is 5.10 Å². The maximum absolute atomic E-state index is 11.9. The minimum Gasteiger partial charge on any atom is -0.267 e. The number of nitrogens with one attached hydrogen (secondary N) is 1. The van der Waals surface area contributed by atoms with E-state index in [1.807, 2.05) is 24.3 Å². The third-order valence-corrected chi connectivity index (χ3v) is 3.58. The van der Waals surface area contributed by atoms with Gasteiger partial charge < -0.3 is 0 Å². The number of nitro benzene ring substituents is 1. The van der Waals surface area contributed by atoms with Gasteiger partial charge in [0.1, 0.15) is 0 Å². The second-order valence-electron chi connectivity index (χ2n) is 4.45. The van der Waals surface area contributed by atoms with E-state index in [2.05, 4.69) is 33.1 Å². The van der Waals surface area contributed by atoms with Gasteiger partial charge in [-0.05, 0) is 59.3 Å². The molecule has 0 aromatic heterocycles. The molecule has 22 heavy (non-hydrogen) atoms. The predicted octanol–water partition coefficient (Wildman–Crippen LogP) is 3.35. The van der Waals surface area contributed by atoms with Gasteiger partial charge in [-0.15, -0.1) is 0 Å². The normalized spacial score (nSPS) is 11.1. The highest BCUT2D eigenvalue weighted by Crippen LogP contribution is 2.12. The Hall–Kier alpha value is -2.29. The van der Waals surface area contributed by atoms with E-state index >= 15 is 0 Å². The summed E-state index contributed by atoms with van der Waals surface area (Å²) in [4.78, 5) is 22.0. The van der Waals surface area contributed by atoms with Crippen LogP contribution < -0.4 is 5.43 Å². The van der Waals surface area contributed by atoms with Crippen molar-refractivity contribution in [2.45, 2.75) is 6.92 Å². The van der Waals surface area contributed by atoms with Gasteiger partial charge in [0.25, 0.3) is 11.6 Å². The van der Waals surface area contributed by atoms with E-state index in [0.29, 0.717) is 11.3 Å². The van der Waals surface area contributed by atoms with Crippen LogP contribution in [0, 0.1) is 13.7 Å². The van der Waals surface area contributed by atoms with E-state index in [1.165, 1.54) is 24.3 Å². The summed E-state index contributed by atoms with van der Waals surface area (Å²) in [5.74, 6) is -0.417. The van der Waals surface area contributed by atoms with Gasteiger partial charge in [0, 0.05) is 21.3 Å². The molecule has 0 saturated heterocycles. The molecule has 0 heterocycles. The molecule has 6 nitrogen and oxygen atoms in total. The molecule has 0 aliphatic carbocycles. The average molecular weight is 409 g/mol. The second-order valence-corrected chi connectivity index (χ2v) is 5.70. The molecule has 0 spiro atoms. The molecule has 0 bridgehead atoms. The van der Waals surface area contributed by atoms with Crippen LogP contribution in [-0.2, 0) is 0 Å². The highest BCUT2D eigenvalue weighted by molar-refractivity contribution is 14.1. The van der Waals surface area contributed by atoms with Crippen molar-refractivity contribution in [3.05, 3.63) is 73.3 Å². The van der Waals surface area contributed by atoms with Crippen molar-refractivity contribution in [3.8, 4) is 0 Å². The molecule has 7 heteroatoms. The number of benzene rings is 2. The first-order valence-corrected chi connectivity index (χ1v) is 7.40. The Morgan fingerprint density at radius 1 is 1.18 bits per heavy atom. The lowest BCUT2D eigenvalue weighted by molar-refractivity contribution is -0.384. The summed E-state index contributed by atoms with van der Waals surface area (Å²) in [6, 6.07) is 13.1. The maximum Gasteiger partial charge on any atom is 0.271 e. The second kappa shape index (κ2) is 7.12. The molecule has 2 aromatic carbocycles. The van der Waals surface area contributed by atoms with Gasteiger partial charge in [-0.2, -0.15) is 5.10 Å². The fourth-order valence-electron chi connectivity index (χ4n) is 1.71. The Kier molecular flexibility index (Phi) is 5.21. The number of non-ortho nitro benzene ring substituents is 1. The topological polar surface area (TPSA) is 84.6 Å². The SMILES string of the molecule is C/C(=N/NC(=O)c1ccc([N+](=O)[O-])cc1)c1cccc(I)c1. The van der Waals surface area contributed by atoms with Crippen LogP contribution in [0.2, 0.25) is 0 Å². The zero-order valence-electron chi connectivity index (χ0n) is 11.6. The molecule has 0 saturated carbocycles. The van der Waals surface area contributed by atoms with Gasteiger partial charge in [-0.25, -0.2) is 5.43 Å². The van der Waals surface area contributed by atoms with Crippen molar-refractivity contribution in [3.63, 3.8) is 0 Å². The number of amides is 1. The summed E-state index contributed by atoms with van der Waals surface area (Å²) in [5.41, 5.74) is 4.28. The Balaban J connectivity index is 2.08. The van der Waals surface area contributed by atoms with Crippen LogP contribution >= 0.6 is 22.6 Å². The Bertz CT molecular complexity index is 742. The quantitative estimate of drug-likeness (QED) is 0.364. The van der Waals surface area contributed by atoms with Crippen LogP contribution in [-0.4, -0.2) is 16.5 Å². The van der Waals surface area contributed by atoms with Crippen molar-refractivity contribution in [1.29, 1.82) is 0 Å². The number of rotatable bonds is 4. The van der Waals surface area contributed by atoms with Gasteiger partial charge in [-0.3, -0.25) is 14.9 Å². The molecule has 2 rings (SSSR count). The summed E-state index contributed by atoms with van der Waals surface area (Å²) >= 11 is 2.20. The lowest BCUT2D eigenvalue weighted by Gasteiger charge is -2.03. The molecule has 1 N–H and O–H groups in total. The first-order valence-electron chi connectivity index (χ1n) is 6.32. The number of hydrogen-bond donors (Lipinski definition) is 1. The number of hydrazone groups is 1. The largest absolute Gasteiger partial charge is 0.271 e. The van der Waals surface area contributed by atoms with E-state index in [4.69, 9.17) is 0 Å². The number of halogens is 1. The number of nitro groups is 1. The van der Waals surface area contributed by atoms with Crippen LogP contribution in [0.5, 0.6) is 0 Å². The summed E-state index contributed by atoms with van der Waals surface area (Å²) < 4.78 is 1.08. The molecule has 0 unspecified atom stereocenters. The monoisotopic (exact) mass is 409 g/mol. The van der Waals surface area contributed by atoms with E-state index in [0.717, 1.165) is 9.13 Å². The van der Waals surface area contributed by atoms with Crippen LogP contribution in [0.4, 0.5) is 5.69 Å². The maximum atomic E-state index is 11.9. The molecule has 0 aliphatic heterocycles. The number of hydrogen-bond acceptors (Lipinski definition) is 4. The standard InChI is InChI=1S/C15H12IN3O3/c1-10(12-3-2-4-13(16)9-12)17-18-15(20)11-5-7-14(8-6-11)19(21)22/h2-9H,1H3,(H,18,20)/b17-10-. The summed E-state index contributed by atoms with van der Waals surface area (Å²) in [6.45, 7) is 1.79. The summed E-state index contributed by atoms with van der Waals surface area (Å²) in [6.07, 6.45) is 0. The zero-order valence-corrected chi connectivity index (χ0v) is 13.8. The molecule has 0 fully saturated rings. The van der Waals surface area contributed by atoms with E-state index in [9.17, 15) is 14.9 Å². The Morgan fingerprint density at radius 2 is 1.86 bits per heavy atom. The zero-order chi connectivity index (χ0) is 16.1. The molecule has 112 valence electrons. The minimum atomic E-state index is -0.513. The van der Waals surface area contributed by atoms with Crippen molar-refractivity contribution in [2.75, 3.05) is 0 Å². The molecule has 1 amide bonds. The van der Waals surface area contributed by atoms with Crippen LogP contribution in [0.3, 0.4) is 0 Å². The molecular weight excluding hydrogens is 397 g/mol. The Morgan fingerprint density at radius 3 is 2.45 bits per heavy atom. The summed E-state index contributed by atoms with van der Waals surface area (Å²) in [7, 11) is 0. The number of nitrogens with zero attached hydrogens (tertiary/aromatic N) is 2. The smallest absolute Gasteiger partial charge is 0.267 e. The van der Waals surface area contributed by atoms with Crippen LogP contribution in [0.25, 0.3) is 0 Å². The highest BCUT2D eigenvalue weighted by Gasteiger charge is 2.09. The van der Waals surface area contributed by atoms with Gasteiger partial charge in [-0.1, -0.05) is 12.1 Å². The molecule has 0 aliphatic rings. The van der Waals surface area contributed by atoms with E-state index in [1.54, 1.807) is 6.92 Å². The first-order chi connectivity index (χ1) is 10.5. The number of carbonyl (C=O) groups excluding carboxylic acids is 1. The van der Waals surface area contributed by atoms with Crippen molar-refractivity contribution < 1.29 is 9.72 Å². The van der Waals surface area contributed by atoms with Gasteiger partial charge in [0.2, 0.25) is 0 Å². The third-order valence-electron chi connectivity index (χ3n) is 2.91. The third kappa shape index (κ3) is 4.10. The predicted molar refractivity (Wildman–Crippen MR) is 91.9 cm³/mol. The van der Waals surface area contributed by atoms with Crippen molar-refractivity contribution >= 4 is 39.9 Å². The highest BCUT2D eigenvalue weighted by atomic mass is 127. The van der Waals surface area contributed by atoms with Gasteiger partial charge in [0.05, 0.1) is 10.6 Å². The summed E-state index contributed by atoms with van der Waals surface area (Å²) in [5, 5.41) is 14.6. The van der Waals surface area contributed by atoms with Crippen LogP contribution in [0.1, 0.15) is 22.8 Å². The molecule has 0 radical (unpaired) electrons. The lowest BCUT2D eigenvalue weighted by atomic mass is 10.1. The minimum absolute atomic E-state index is 0.0601. The fourth-order valence-corrected chi connectivity index (χ4v) is 2.25. The van der Waals surface area contributed by atoms with Crippen molar-refractivity contribution in [1.82, 2.24) is 5.43 Å². The average Bonchev–Trinajstić information content (AvgIpc) is 2.52. The molecular formula is C15H12IN3O3. The fraction of sp³-hybridized carbons (Fsp3) is 0.0667. The molecule has 0 atom stereocenters. The number of carbonyl (C=O) groups is 1. The van der Waals surface area contributed by atoms with Gasteiger partial charge >= 0.3 is 0 Å². The van der Waals surface area contributed by atoms with E-state index < -0.39 is 10.8 Å². The van der Waals surface area contributed by atoms with Crippen LogP contribution in [0.15, 0.2) is 53.6 Å². The van der Waals surface area contributed by atoms with Gasteiger partial charge in [0.15, 0.2) is 0 Å². The lowest BCUT2D eigenvalue weighted by Crippen LogP contribution is -2.19.